The van der Waals surface area contributed by atoms with Crippen molar-refractivity contribution >= 4 is 54.1 Å². The highest BCUT2D eigenvalue weighted by molar-refractivity contribution is 6.23. The molecule has 4 amide bonds. The molecular weight excluding hydrogens is 469 g/mol. The molecule has 1 atom stereocenters. The number of carbonyl (C=O) groups excluding carboxylic acids is 4. The van der Waals surface area contributed by atoms with Gasteiger partial charge in [0.05, 0.1) is 11.1 Å². The number of halogens is 2. The smallest absolute Gasteiger partial charge is 0.262 e. The predicted molar refractivity (Wildman–Crippen MR) is 127 cm³/mol. The lowest BCUT2D eigenvalue weighted by atomic mass is 10.0. The van der Waals surface area contributed by atoms with Crippen LogP contribution in [0, 0.1) is 0 Å². The van der Waals surface area contributed by atoms with Crippen molar-refractivity contribution < 1.29 is 19.2 Å². The lowest BCUT2D eigenvalue weighted by Crippen LogP contribution is -2.54. The number of hydrogen-bond donors (Lipinski definition) is 2. The highest BCUT2D eigenvalue weighted by atomic mass is 35.5. The van der Waals surface area contributed by atoms with Gasteiger partial charge in [-0.2, -0.15) is 0 Å². The summed E-state index contributed by atoms with van der Waals surface area (Å²) in [5.41, 5.74) is 1.59. The molecule has 3 saturated heterocycles. The van der Waals surface area contributed by atoms with Gasteiger partial charge in [-0.05, 0) is 50.6 Å². The van der Waals surface area contributed by atoms with Crippen LogP contribution in [0.4, 0.5) is 5.69 Å². The summed E-state index contributed by atoms with van der Waals surface area (Å²) in [6.45, 7) is 5.88. The van der Waals surface area contributed by atoms with Crippen molar-refractivity contribution in [2.45, 2.75) is 37.8 Å². The summed E-state index contributed by atoms with van der Waals surface area (Å²) in [7, 11) is 0. The molecule has 0 saturated carbocycles. The van der Waals surface area contributed by atoms with Crippen molar-refractivity contribution in [3.8, 4) is 0 Å². The number of imide groups is 2. The number of piperidine rings is 2. The van der Waals surface area contributed by atoms with Gasteiger partial charge in [0.2, 0.25) is 11.8 Å². The largest absolute Gasteiger partial charge is 0.369 e. The van der Waals surface area contributed by atoms with Crippen LogP contribution in [0.25, 0.3) is 0 Å². The van der Waals surface area contributed by atoms with Crippen LogP contribution in [-0.4, -0.2) is 84.8 Å². The minimum atomic E-state index is -0.929. The molecule has 0 bridgehead atoms. The van der Waals surface area contributed by atoms with Crippen molar-refractivity contribution in [3.05, 3.63) is 29.3 Å². The van der Waals surface area contributed by atoms with Gasteiger partial charge >= 0.3 is 0 Å². The van der Waals surface area contributed by atoms with E-state index in [1.54, 1.807) is 12.1 Å². The second kappa shape index (κ2) is 10.4. The van der Waals surface area contributed by atoms with E-state index in [4.69, 9.17) is 0 Å². The fourth-order valence-corrected chi connectivity index (χ4v) is 5.17. The van der Waals surface area contributed by atoms with Gasteiger partial charge in [-0.25, -0.2) is 0 Å². The summed E-state index contributed by atoms with van der Waals surface area (Å²) in [4.78, 5) is 55.4. The maximum atomic E-state index is 13.0. The molecule has 2 N–H and O–H groups in total. The number of piperazine rings is 1. The molecule has 4 heterocycles. The summed E-state index contributed by atoms with van der Waals surface area (Å²) in [6, 6.07) is 5.07. The van der Waals surface area contributed by atoms with Crippen LogP contribution in [0.2, 0.25) is 0 Å². The Labute approximate surface area is 205 Å². The SMILES string of the molecule is Cl.Cl.O=C1CCC(N2C(=O)c3ccc(N4CCN(C5CCNCC5)CC4)cc3C2=O)C(=O)N1. The number of carbonyl (C=O) groups is 4. The fraction of sp³-hybridized carbons (Fsp3) is 0.545. The molecule has 11 heteroatoms. The standard InChI is InChI=1S/C22H27N5O4.2ClH/c28-19-4-3-18(20(29)24-19)27-21(30)16-2-1-15(13-17(16)22(27)31)26-11-9-25(10-12-26)14-5-7-23-8-6-14;;/h1-2,13-14,18,23H,3-12H2,(H,24,28,29);2*1H. The van der Waals surface area contributed by atoms with E-state index in [0.29, 0.717) is 17.2 Å². The third-order valence-electron chi connectivity index (χ3n) is 6.93. The number of benzene rings is 1. The first-order valence-electron chi connectivity index (χ1n) is 11.1. The second-order valence-corrected chi connectivity index (χ2v) is 8.68. The average molecular weight is 498 g/mol. The summed E-state index contributed by atoms with van der Waals surface area (Å²) in [6.07, 6.45) is 2.66. The minimum Gasteiger partial charge on any atom is -0.369 e. The maximum absolute atomic E-state index is 13.0. The van der Waals surface area contributed by atoms with Gasteiger partial charge < -0.3 is 10.2 Å². The molecule has 3 fully saturated rings. The zero-order valence-corrected chi connectivity index (χ0v) is 19.9. The predicted octanol–water partition coefficient (Wildman–Crippen LogP) is 0.805. The summed E-state index contributed by atoms with van der Waals surface area (Å²) >= 11 is 0. The van der Waals surface area contributed by atoms with Gasteiger partial charge in [-0.1, -0.05) is 0 Å². The number of fused-ring (bicyclic) bond motifs is 1. The quantitative estimate of drug-likeness (QED) is 0.595. The molecule has 4 aliphatic heterocycles. The van der Waals surface area contributed by atoms with Crippen molar-refractivity contribution in [2.75, 3.05) is 44.2 Å². The number of rotatable bonds is 3. The Morgan fingerprint density at radius 1 is 0.818 bits per heavy atom. The molecule has 0 aromatic heterocycles. The molecule has 1 unspecified atom stereocenters. The van der Waals surface area contributed by atoms with Crippen LogP contribution in [0.15, 0.2) is 18.2 Å². The molecule has 4 aliphatic rings. The van der Waals surface area contributed by atoms with E-state index in [1.807, 2.05) is 6.07 Å². The van der Waals surface area contributed by atoms with Crippen molar-refractivity contribution in [1.29, 1.82) is 0 Å². The lowest BCUT2D eigenvalue weighted by Gasteiger charge is -2.41. The van der Waals surface area contributed by atoms with Crippen LogP contribution in [-0.2, 0) is 9.59 Å². The van der Waals surface area contributed by atoms with E-state index in [2.05, 4.69) is 20.4 Å². The third-order valence-corrected chi connectivity index (χ3v) is 6.93. The van der Waals surface area contributed by atoms with Gasteiger partial charge in [0.15, 0.2) is 0 Å². The summed E-state index contributed by atoms with van der Waals surface area (Å²) in [5, 5.41) is 5.64. The average Bonchev–Trinajstić information content (AvgIpc) is 3.04. The lowest BCUT2D eigenvalue weighted by molar-refractivity contribution is -0.136. The summed E-state index contributed by atoms with van der Waals surface area (Å²) in [5.74, 6) is -1.87. The zero-order valence-electron chi connectivity index (χ0n) is 18.2. The molecule has 180 valence electrons. The Morgan fingerprint density at radius 2 is 1.48 bits per heavy atom. The first-order valence-corrected chi connectivity index (χ1v) is 11.1. The molecule has 33 heavy (non-hydrogen) atoms. The van der Waals surface area contributed by atoms with Gasteiger partial charge in [-0.3, -0.25) is 34.3 Å². The van der Waals surface area contributed by atoms with E-state index in [0.717, 1.165) is 49.9 Å². The molecule has 1 aromatic carbocycles. The van der Waals surface area contributed by atoms with Crippen LogP contribution in [0.5, 0.6) is 0 Å². The number of nitrogens with one attached hydrogen (secondary N) is 2. The van der Waals surface area contributed by atoms with Crippen molar-refractivity contribution in [2.24, 2.45) is 0 Å². The molecule has 9 nitrogen and oxygen atoms in total. The van der Waals surface area contributed by atoms with E-state index in [-0.39, 0.29) is 43.6 Å². The number of anilines is 1. The van der Waals surface area contributed by atoms with Crippen LogP contribution in [0.3, 0.4) is 0 Å². The molecular formula is C22H29Cl2N5O4. The van der Waals surface area contributed by atoms with Gasteiger partial charge in [0.1, 0.15) is 6.04 Å². The van der Waals surface area contributed by atoms with Gasteiger partial charge in [-0.15, -0.1) is 24.8 Å². The normalized spacial score (nSPS) is 24.2. The molecule has 1 aromatic rings. The Kier molecular flexibility index (Phi) is 8.00. The number of hydrogen-bond acceptors (Lipinski definition) is 7. The van der Waals surface area contributed by atoms with E-state index in [9.17, 15) is 19.2 Å². The Balaban J connectivity index is 0.00000153. The Morgan fingerprint density at radius 3 is 2.15 bits per heavy atom. The van der Waals surface area contributed by atoms with E-state index >= 15 is 0 Å². The van der Waals surface area contributed by atoms with Gasteiger partial charge in [0, 0.05) is 44.3 Å². The van der Waals surface area contributed by atoms with Crippen molar-refractivity contribution in [3.63, 3.8) is 0 Å². The Bertz CT molecular complexity index is 945. The monoisotopic (exact) mass is 497 g/mol. The zero-order chi connectivity index (χ0) is 21.5. The summed E-state index contributed by atoms with van der Waals surface area (Å²) < 4.78 is 0. The van der Waals surface area contributed by atoms with E-state index in [1.165, 1.54) is 12.8 Å². The Hall–Kier alpha value is -2.20. The molecule has 0 radical (unpaired) electrons. The molecule has 0 aliphatic carbocycles. The van der Waals surface area contributed by atoms with Crippen LogP contribution in [0.1, 0.15) is 46.4 Å². The molecule has 5 rings (SSSR count). The minimum absolute atomic E-state index is 0. The van der Waals surface area contributed by atoms with Gasteiger partial charge in [0.25, 0.3) is 11.8 Å². The topological polar surface area (TPSA) is 102 Å². The third kappa shape index (κ3) is 4.73. The van der Waals surface area contributed by atoms with Crippen LogP contribution >= 0.6 is 24.8 Å². The second-order valence-electron chi connectivity index (χ2n) is 8.68. The number of nitrogens with zero attached hydrogens (tertiary/aromatic N) is 3. The van der Waals surface area contributed by atoms with E-state index < -0.39 is 23.8 Å². The first kappa shape index (κ1) is 25.4. The fourth-order valence-electron chi connectivity index (χ4n) is 5.17. The maximum Gasteiger partial charge on any atom is 0.262 e. The molecule has 0 spiro atoms. The van der Waals surface area contributed by atoms with Crippen molar-refractivity contribution in [1.82, 2.24) is 20.4 Å². The highest BCUT2D eigenvalue weighted by Crippen LogP contribution is 2.31. The van der Waals surface area contributed by atoms with Crippen LogP contribution < -0.4 is 15.5 Å². The highest BCUT2D eigenvalue weighted by Gasteiger charge is 2.44. The number of amides is 4. The first-order chi connectivity index (χ1) is 15.0.